The molecule has 1 aromatic carbocycles. The smallest absolute Gasteiger partial charge is 0.227 e. The topological polar surface area (TPSA) is 62.4 Å². The Morgan fingerprint density at radius 2 is 2.13 bits per heavy atom. The van der Waals surface area contributed by atoms with Crippen molar-refractivity contribution in [3.05, 3.63) is 36.2 Å². The van der Waals surface area contributed by atoms with Gasteiger partial charge in [-0.1, -0.05) is 42.4 Å². The van der Waals surface area contributed by atoms with Gasteiger partial charge in [0.15, 0.2) is 0 Å². The van der Waals surface area contributed by atoms with E-state index >= 15 is 0 Å². The second-order valence-corrected chi connectivity index (χ2v) is 6.83. The van der Waals surface area contributed by atoms with Crippen molar-refractivity contribution in [2.45, 2.75) is 32.6 Å². The van der Waals surface area contributed by atoms with E-state index in [1.807, 2.05) is 30.3 Å². The minimum Gasteiger partial charge on any atom is -0.396 e. The lowest BCUT2D eigenvalue weighted by Crippen LogP contribution is -2.43. The summed E-state index contributed by atoms with van der Waals surface area (Å²) in [6, 6.07) is 9.89. The van der Waals surface area contributed by atoms with Gasteiger partial charge in [0.25, 0.3) is 0 Å². The van der Waals surface area contributed by atoms with E-state index in [0.717, 1.165) is 50.9 Å². The van der Waals surface area contributed by atoms with Gasteiger partial charge in [0.1, 0.15) is 0 Å². The van der Waals surface area contributed by atoms with Crippen LogP contribution in [0.2, 0.25) is 0 Å². The van der Waals surface area contributed by atoms with E-state index in [4.69, 9.17) is 4.52 Å². The summed E-state index contributed by atoms with van der Waals surface area (Å²) in [7, 11) is 0. The highest BCUT2D eigenvalue weighted by Crippen LogP contribution is 2.28. The quantitative estimate of drug-likeness (QED) is 0.888. The van der Waals surface area contributed by atoms with E-state index in [1.54, 1.807) is 0 Å². The third kappa shape index (κ3) is 4.18. The number of likely N-dealkylation sites (tertiary alicyclic amines) is 1. The lowest BCUT2D eigenvalue weighted by atomic mass is 9.83. The van der Waals surface area contributed by atoms with Gasteiger partial charge in [-0.15, -0.1) is 0 Å². The molecule has 2 aromatic rings. The molecule has 1 fully saturated rings. The number of aliphatic hydroxyl groups excluding tert-OH is 1. The Balaban J connectivity index is 1.49. The van der Waals surface area contributed by atoms with Gasteiger partial charge >= 0.3 is 0 Å². The molecule has 2 heterocycles. The van der Waals surface area contributed by atoms with Gasteiger partial charge in [0.2, 0.25) is 11.7 Å². The number of hydrogen-bond acceptors (Lipinski definition) is 5. The molecule has 1 aliphatic heterocycles. The van der Waals surface area contributed by atoms with Gasteiger partial charge in [-0.2, -0.15) is 4.98 Å². The highest BCUT2D eigenvalue weighted by molar-refractivity contribution is 5.53. The van der Waals surface area contributed by atoms with Crippen LogP contribution in [0.4, 0.5) is 0 Å². The van der Waals surface area contributed by atoms with Gasteiger partial charge in [0.05, 0.1) is 0 Å². The highest BCUT2D eigenvalue weighted by Gasteiger charge is 2.29. The average Bonchev–Trinajstić information content (AvgIpc) is 3.05. The second-order valence-electron chi connectivity index (χ2n) is 6.83. The summed E-state index contributed by atoms with van der Waals surface area (Å²) in [5, 5.41) is 13.6. The van der Waals surface area contributed by atoms with Crippen LogP contribution < -0.4 is 0 Å². The molecule has 5 nitrogen and oxygen atoms in total. The fraction of sp³-hybridized carbons (Fsp3) is 0.556. The number of aryl methyl sites for hydroxylation is 1. The van der Waals surface area contributed by atoms with Crippen molar-refractivity contribution in [3.63, 3.8) is 0 Å². The first-order chi connectivity index (χ1) is 11.2. The van der Waals surface area contributed by atoms with Crippen LogP contribution in [-0.4, -0.2) is 46.4 Å². The zero-order valence-corrected chi connectivity index (χ0v) is 13.7. The van der Waals surface area contributed by atoms with Gasteiger partial charge in [-0.05, 0) is 32.4 Å². The van der Waals surface area contributed by atoms with Crippen molar-refractivity contribution in [1.29, 1.82) is 0 Å². The molecule has 5 heteroatoms. The molecule has 0 bridgehead atoms. The molecule has 0 amide bonds. The normalized spacial score (nSPS) is 22.3. The summed E-state index contributed by atoms with van der Waals surface area (Å²) in [6.07, 6.45) is 4.07. The van der Waals surface area contributed by atoms with Gasteiger partial charge in [-0.25, -0.2) is 0 Å². The number of aromatic nitrogens is 2. The lowest BCUT2D eigenvalue weighted by molar-refractivity contribution is 0.0460. The maximum Gasteiger partial charge on any atom is 0.227 e. The van der Waals surface area contributed by atoms with E-state index in [1.165, 1.54) is 0 Å². The molecule has 0 saturated carbocycles. The molecule has 1 unspecified atom stereocenters. The van der Waals surface area contributed by atoms with Crippen LogP contribution >= 0.6 is 0 Å². The SMILES string of the molecule is CC1(CO)CCCN(CCCc2nc(-c3ccccc3)no2)C1. The van der Waals surface area contributed by atoms with Crippen LogP contribution in [0.5, 0.6) is 0 Å². The Labute approximate surface area is 137 Å². The first-order valence-corrected chi connectivity index (χ1v) is 8.40. The van der Waals surface area contributed by atoms with E-state index in [0.29, 0.717) is 11.7 Å². The molecular formula is C18H25N3O2. The fourth-order valence-corrected chi connectivity index (χ4v) is 3.26. The fourth-order valence-electron chi connectivity index (χ4n) is 3.26. The largest absolute Gasteiger partial charge is 0.396 e. The second kappa shape index (κ2) is 7.23. The molecule has 23 heavy (non-hydrogen) atoms. The van der Waals surface area contributed by atoms with Crippen molar-refractivity contribution in [2.24, 2.45) is 5.41 Å². The summed E-state index contributed by atoms with van der Waals surface area (Å²) in [5.74, 6) is 1.36. The molecule has 0 radical (unpaired) electrons. The summed E-state index contributed by atoms with van der Waals surface area (Å²) in [6.45, 7) is 5.55. The van der Waals surface area contributed by atoms with Crippen molar-refractivity contribution in [3.8, 4) is 11.4 Å². The Hall–Kier alpha value is -1.72. The molecule has 1 aliphatic rings. The molecule has 1 aromatic heterocycles. The monoisotopic (exact) mass is 315 g/mol. The Bertz CT molecular complexity index is 614. The van der Waals surface area contributed by atoms with Gasteiger partial charge in [-0.3, -0.25) is 0 Å². The summed E-state index contributed by atoms with van der Waals surface area (Å²) >= 11 is 0. The Morgan fingerprint density at radius 3 is 2.91 bits per heavy atom. The minimum atomic E-state index is 0.0587. The zero-order valence-electron chi connectivity index (χ0n) is 13.7. The Kier molecular flexibility index (Phi) is 5.08. The predicted molar refractivity (Wildman–Crippen MR) is 88.9 cm³/mol. The molecule has 1 saturated heterocycles. The lowest BCUT2D eigenvalue weighted by Gasteiger charge is -2.39. The maximum atomic E-state index is 9.52. The zero-order chi connectivity index (χ0) is 16.1. The number of aliphatic hydroxyl groups is 1. The van der Waals surface area contributed by atoms with Crippen molar-refractivity contribution >= 4 is 0 Å². The van der Waals surface area contributed by atoms with Crippen molar-refractivity contribution in [2.75, 3.05) is 26.2 Å². The number of hydrogen-bond donors (Lipinski definition) is 1. The molecule has 124 valence electrons. The first-order valence-electron chi connectivity index (χ1n) is 8.40. The molecule has 1 atom stereocenters. The standard InChI is InChI=1S/C18H25N3O2/c1-18(14-22)10-6-12-21(13-18)11-5-9-16-19-17(20-23-16)15-7-3-2-4-8-15/h2-4,7-8,22H,5-6,9-14H2,1H3. The molecular weight excluding hydrogens is 290 g/mol. The van der Waals surface area contributed by atoms with Crippen LogP contribution in [-0.2, 0) is 6.42 Å². The minimum absolute atomic E-state index is 0.0587. The van der Waals surface area contributed by atoms with Gasteiger partial charge in [0, 0.05) is 30.6 Å². The summed E-state index contributed by atoms with van der Waals surface area (Å²) in [4.78, 5) is 6.91. The summed E-state index contributed by atoms with van der Waals surface area (Å²) < 4.78 is 5.35. The molecule has 0 aliphatic carbocycles. The third-order valence-electron chi connectivity index (χ3n) is 4.61. The maximum absolute atomic E-state index is 9.52. The molecule has 1 N–H and O–H groups in total. The Morgan fingerprint density at radius 1 is 1.30 bits per heavy atom. The number of piperidine rings is 1. The first kappa shape index (κ1) is 16.1. The van der Waals surface area contributed by atoms with Crippen LogP contribution in [0.15, 0.2) is 34.9 Å². The third-order valence-corrected chi connectivity index (χ3v) is 4.61. The van der Waals surface area contributed by atoms with E-state index < -0.39 is 0 Å². The number of rotatable bonds is 6. The van der Waals surface area contributed by atoms with Gasteiger partial charge < -0.3 is 14.5 Å². The average molecular weight is 315 g/mol. The van der Waals surface area contributed by atoms with Crippen molar-refractivity contribution in [1.82, 2.24) is 15.0 Å². The highest BCUT2D eigenvalue weighted by atomic mass is 16.5. The summed E-state index contributed by atoms with van der Waals surface area (Å²) in [5.41, 5.74) is 1.04. The molecule has 3 rings (SSSR count). The van der Waals surface area contributed by atoms with Crippen LogP contribution in [0.1, 0.15) is 32.1 Å². The van der Waals surface area contributed by atoms with Crippen LogP contribution in [0.25, 0.3) is 11.4 Å². The predicted octanol–water partition coefficient (Wildman–Crippen LogP) is 2.76. The van der Waals surface area contributed by atoms with Crippen LogP contribution in [0, 0.1) is 5.41 Å². The number of benzene rings is 1. The van der Waals surface area contributed by atoms with Crippen molar-refractivity contribution < 1.29 is 9.63 Å². The number of nitrogens with zero attached hydrogens (tertiary/aromatic N) is 3. The van der Waals surface area contributed by atoms with Crippen LogP contribution in [0.3, 0.4) is 0 Å². The van der Waals surface area contributed by atoms with E-state index in [9.17, 15) is 5.11 Å². The van der Waals surface area contributed by atoms with E-state index in [-0.39, 0.29) is 12.0 Å². The van der Waals surface area contributed by atoms with E-state index in [2.05, 4.69) is 22.0 Å². The molecule has 0 spiro atoms.